The molecular formula is C16H21NO4. The van der Waals surface area contributed by atoms with Gasteiger partial charge in [-0.3, -0.25) is 4.79 Å². The molecule has 21 heavy (non-hydrogen) atoms. The van der Waals surface area contributed by atoms with Crippen LogP contribution in [0.4, 0.5) is 5.69 Å². The van der Waals surface area contributed by atoms with Crippen molar-refractivity contribution in [1.82, 2.24) is 0 Å². The maximum Gasteiger partial charge on any atom is 0.305 e. The van der Waals surface area contributed by atoms with E-state index in [1.54, 1.807) is 0 Å². The largest absolute Gasteiger partial charge is 0.486 e. The molecule has 0 aromatic heterocycles. The number of methoxy groups -OCH3 is 1. The minimum Gasteiger partial charge on any atom is -0.486 e. The predicted octanol–water partition coefficient (Wildman–Crippen LogP) is 2.24. The van der Waals surface area contributed by atoms with Crippen molar-refractivity contribution in [3.05, 3.63) is 18.2 Å². The minimum absolute atomic E-state index is 0.118. The molecule has 1 aromatic rings. The molecule has 1 saturated heterocycles. The molecule has 2 aliphatic heterocycles. The molecule has 5 nitrogen and oxygen atoms in total. The Bertz CT molecular complexity index is 517. The average Bonchev–Trinajstić information content (AvgIpc) is 3.01. The summed E-state index contributed by atoms with van der Waals surface area (Å²) in [5.41, 5.74) is 1.17. The Morgan fingerprint density at radius 3 is 2.95 bits per heavy atom. The van der Waals surface area contributed by atoms with E-state index in [4.69, 9.17) is 14.2 Å². The van der Waals surface area contributed by atoms with Gasteiger partial charge in [-0.05, 0) is 30.9 Å². The Morgan fingerprint density at radius 1 is 1.33 bits per heavy atom. The molecule has 2 heterocycles. The highest BCUT2D eigenvalue weighted by Crippen LogP contribution is 2.36. The summed E-state index contributed by atoms with van der Waals surface area (Å²) in [7, 11) is 1.44. The maximum atomic E-state index is 11.2. The van der Waals surface area contributed by atoms with Crippen LogP contribution in [0.25, 0.3) is 0 Å². The minimum atomic E-state index is -0.118. The SMILES string of the molecule is COC(=O)CCC1CCN(c2ccc3c(c2)OCCO3)C1. The first-order chi connectivity index (χ1) is 10.3. The van der Waals surface area contributed by atoms with Crippen molar-refractivity contribution in [3.63, 3.8) is 0 Å². The third kappa shape index (κ3) is 3.23. The lowest BCUT2D eigenvalue weighted by molar-refractivity contribution is -0.140. The number of esters is 1. The first-order valence-electron chi connectivity index (χ1n) is 7.47. The van der Waals surface area contributed by atoms with E-state index in [-0.39, 0.29) is 5.97 Å². The fraction of sp³-hybridized carbons (Fsp3) is 0.562. The van der Waals surface area contributed by atoms with Gasteiger partial charge in [0.25, 0.3) is 0 Å². The van der Waals surface area contributed by atoms with E-state index in [1.807, 2.05) is 6.07 Å². The van der Waals surface area contributed by atoms with E-state index in [0.717, 1.165) is 37.4 Å². The number of carbonyl (C=O) groups is 1. The van der Waals surface area contributed by atoms with Gasteiger partial charge in [0.15, 0.2) is 11.5 Å². The van der Waals surface area contributed by atoms with Crippen molar-refractivity contribution in [3.8, 4) is 11.5 Å². The second-order valence-corrected chi connectivity index (χ2v) is 5.54. The number of benzene rings is 1. The fourth-order valence-electron chi connectivity index (χ4n) is 2.96. The van der Waals surface area contributed by atoms with Gasteiger partial charge >= 0.3 is 5.97 Å². The molecule has 1 aromatic carbocycles. The van der Waals surface area contributed by atoms with Crippen LogP contribution in [-0.2, 0) is 9.53 Å². The van der Waals surface area contributed by atoms with E-state index in [1.165, 1.54) is 12.8 Å². The zero-order valence-electron chi connectivity index (χ0n) is 12.3. The topological polar surface area (TPSA) is 48.0 Å². The van der Waals surface area contributed by atoms with Crippen molar-refractivity contribution in [2.24, 2.45) is 5.92 Å². The van der Waals surface area contributed by atoms with E-state index in [2.05, 4.69) is 17.0 Å². The van der Waals surface area contributed by atoms with Crippen LogP contribution >= 0.6 is 0 Å². The summed E-state index contributed by atoms with van der Waals surface area (Å²) in [6.07, 6.45) is 2.52. The highest BCUT2D eigenvalue weighted by Gasteiger charge is 2.24. The molecule has 5 heteroatoms. The molecule has 0 bridgehead atoms. The number of carbonyl (C=O) groups excluding carboxylic acids is 1. The Kier molecular flexibility index (Phi) is 4.18. The summed E-state index contributed by atoms with van der Waals surface area (Å²) in [5, 5.41) is 0. The van der Waals surface area contributed by atoms with Gasteiger partial charge in [0.1, 0.15) is 13.2 Å². The summed E-state index contributed by atoms with van der Waals surface area (Å²) in [6.45, 7) is 3.23. The number of rotatable bonds is 4. The molecule has 0 saturated carbocycles. The zero-order chi connectivity index (χ0) is 14.7. The number of ether oxygens (including phenoxy) is 3. The monoisotopic (exact) mass is 291 g/mol. The lowest BCUT2D eigenvalue weighted by atomic mass is 10.0. The molecular weight excluding hydrogens is 270 g/mol. The molecule has 114 valence electrons. The molecule has 3 rings (SSSR count). The zero-order valence-corrected chi connectivity index (χ0v) is 12.3. The van der Waals surface area contributed by atoms with Crippen molar-refractivity contribution in [2.45, 2.75) is 19.3 Å². The van der Waals surface area contributed by atoms with Crippen LogP contribution in [0.3, 0.4) is 0 Å². The normalized spacial score (nSPS) is 20.4. The van der Waals surface area contributed by atoms with Crippen LogP contribution in [0.2, 0.25) is 0 Å². The lowest BCUT2D eigenvalue weighted by Gasteiger charge is -2.23. The van der Waals surface area contributed by atoms with Crippen molar-refractivity contribution >= 4 is 11.7 Å². The molecule has 1 atom stereocenters. The molecule has 1 unspecified atom stereocenters. The maximum absolute atomic E-state index is 11.2. The summed E-state index contributed by atoms with van der Waals surface area (Å²) < 4.78 is 15.9. The van der Waals surface area contributed by atoms with Gasteiger partial charge in [-0.2, -0.15) is 0 Å². The van der Waals surface area contributed by atoms with Crippen LogP contribution in [0.15, 0.2) is 18.2 Å². The third-order valence-corrected chi connectivity index (χ3v) is 4.16. The quantitative estimate of drug-likeness (QED) is 0.796. The van der Waals surface area contributed by atoms with E-state index in [0.29, 0.717) is 25.6 Å². The number of hydrogen-bond acceptors (Lipinski definition) is 5. The summed E-state index contributed by atoms with van der Waals surface area (Å²) >= 11 is 0. The van der Waals surface area contributed by atoms with Crippen LogP contribution in [0.5, 0.6) is 11.5 Å². The summed E-state index contributed by atoms with van der Waals surface area (Å²) in [5.74, 6) is 2.09. The van der Waals surface area contributed by atoms with Gasteiger partial charge in [-0.15, -0.1) is 0 Å². The standard InChI is InChI=1S/C16H21NO4/c1-19-16(18)5-2-12-6-7-17(11-12)13-3-4-14-15(10-13)21-9-8-20-14/h3-4,10,12H,2,5-9,11H2,1H3. The van der Waals surface area contributed by atoms with Crippen molar-refractivity contribution in [1.29, 1.82) is 0 Å². The van der Waals surface area contributed by atoms with E-state index >= 15 is 0 Å². The van der Waals surface area contributed by atoms with Crippen LogP contribution in [0.1, 0.15) is 19.3 Å². The van der Waals surface area contributed by atoms with Gasteiger partial charge in [-0.1, -0.05) is 0 Å². The third-order valence-electron chi connectivity index (χ3n) is 4.16. The smallest absolute Gasteiger partial charge is 0.305 e. The number of fused-ring (bicyclic) bond motifs is 1. The number of nitrogens with zero attached hydrogens (tertiary/aromatic N) is 1. The molecule has 0 aliphatic carbocycles. The molecule has 0 N–H and O–H groups in total. The van der Waals surface area contributed by atoms with Gasteiger partial charge < -0.3 is 19.1 Å². The van der Waals surface area contributed by atoms with Crippen LogP contribution < -0.4 is 14.4 Å². The lowest BCUT2D eigenvalue weighted by Crippen LogP contribution is -2.21. The second-order valence-electron chi connectivity index (χ2n) is 5.54. The number of hydrogen-bond donors (Lipinski definition) is 0. The Hall–Kier alpha value is -1.91. The fourth-order valence-corrected chi connectivity index (χ4v) is 2.96. The summed E-state index contributed by atoms with van der Waals surface area (Å²) in [4.78, 5) is 13.6. The first-order valence-corrected chi connectivity index (χ1v) is 7.47. The Labute approximate surface area is 124 Å². The van der Waals surface area contributed by atoms with Gasteiger partial charge in [-0.25, -0.2) is 0 Å². The highest BCUT2D eigenvalue weighted by molar-refractivity contribution is 5.69. The highest BCUT2D eigenvalue weighted by atomic mass is 16.6. The van der Waals surface area contributed by atoms with Crippen LogP contribution in [0, 0.1) is 5.92 Å². The molecule has 2 aliphatic rings. The van der Waals surface area contributed by atoms with Crippen LogP contribution in [-0.4, -0.2) is 39.4 Å². The van der Waals surface area contributed by atoms with Gasteiger partial charge in [0.05, 0.1) is 7.11 Å². The Morgan fingerprint density at radius 2 is 2.14 bits per heavy atom. The van der Waals surface area contributed by atoms with Gasteiger partial charge in [0, 0.05) is 31.3 Å². The first kappa shape index (κ1) is 14.0. The Balaban J connectivity index is 1.59. The molecule has 1 fully saturated rings. The molecule has 0 amide bonds. The predicted molar refractivity (Wildman–Crippen MR) is 79.0 cm³/mol. The average molecular weight is 291 g/mol. The van der Waals surface area contributed by atoms with Gasteiger partial charge in [0.2, 0.25) is 0 Å². The van der Waals surface area contributed by atoms with E-state index in [9.17, 15) is 4.79 Å². The molecule has 0 radical (unpaired) electrons. The van der Waals surface area contributed by atoms with E-state index < -0.39 is 0 Å². The van der Waals surface area contributed by atoms with Crippen molar-refractivity contribution < 1.29 is 19.0 Å². The molecule has 0 spiro atoms. The van der Waals surface area contributed by atoms with Crippen molar-refractivity contribution in [2.75, 3.05) is 38.3 Å². The second kappa shape index (κ2) is 6.24. The summed E-state index contributed by atoms with van der Waals surface area (Å²) in [6, 6.07) is 6.11. The number of anilines is 1.